The molecule has 10 aromatic rings. The second-order valence-corrected chi connectivity index (χ2v) is 13.9. The van der Waals surface area contributed by atoms with Crippen LogP contribution in [-0.2, 0) is 0 Å². The summed E-state index contributed by atoms with van der Waals surface area (Å²) in [5, 5.41) is 8.24. The number of fused-ring (bicyclic) bond motifs is 5. The van der Waals surface area contributed by atoms with Gasteiger partial charge >= 0.3 is 0 Å². The van der Waals surface area contributed by atoms with Crippen molar-refractivity contribution in [3.8, 4) is 55.7 Å². The number of hydrogen-bond acceptors (Lipinski definition) is 4. The lowest BCUT2D eigenvalue weighted by Gasteiger charge is -2.15. The molecule has 0 fully saturated rings. The average Bonchev–Trinajstić information content (AvgIpc) is 3.65. The Kier molecular flexibility index (Phi) is 7.00. The average molecular weight is 668 g/mol. The number of aromatic nitrogens is 3. The lowest BCUT2D eigenvalue weighted by molar-refractivity contribution is 1.08. The van der Waals surface area contributed by atoms with Crippen molar-refractivity contribution in [3.05, 3.63) is 176 Å². The van der Waals surface area contributed by atoms with Gasteiger partial charge in [0.2, 0.25) is 0 Å². The smallest absolute Gasteiger partial charge is 0.165 e. The number of benzene rings is 8. The van der Waals surface area contributed by atoms with Crippen molar-refractivity contribution in [2.45, 2.75) is 0 Å². The molecule has 8 aromatic carbocycles. The summed E-state index contributed by atoms with van der Waals surface area (Å²) < 4.78 is 1.29. The molecule has 0 N–H and O–H groups in total. The fourth-order valence-corrected chi connectivity index (χ4v) is 8.32. The summed E-state index contributed by atoms with van der Waals surface area (Å²) >= 11 is 1.81. The van der Waals surface area contributed by atoms with Crippen molar-refractivity contribution in [1.82, 2.24) is 15.0 Å². The second kappa shape index (κ2) is 12.1. The van der Waals surface area contributed by atoms with Crippen molar-refractivity contribution in [2.75, 3.05) is 0 Å². The Bertz CT molecular complexity index is 2880. The predicted molar refractivity (Wildman–Crippen MR) is 215 cm³/mol. The van der Waals surface area contributed by atoms with Crippen LogP contribution in [-0.4, -0.2) is 15.0 Å². The molecule has 0 saturated heterocycles. The first-order valence-electron chi connectivity index (χ1n) is 17.1. The number of hydrogen-bond donors (Lipinski definition) is 0. The third-order valence-electron chi connectivity index (χ3n) is 9.73. The van der Waals surface area contributed by atoms with Crippen LogP contribution in [0.1, 0.15) is 0 Å². The first-order valence-corrected chi connectivity index (χ1v) is 17.9. The second-order valence-electron chi connectivity index (χ2n) is 12.8. The highest BCUT2D eigenvalue weighted by Gasteiger charge is 2.20. The van der Waals surface area contributed by atoms with Gasteiger partial charge in [-0.15, -0.1) is 11.3 Å². The zero-order chi connectivity index (χ0) is 33.7. The Balaban J connectivity index is 1.22. The molecule has 0 unspecified atom stereocenters. The van der Waals surface area contributed by atoms with E-state index < -0.39 is 0 Å². The molecule has 0 amide bonds. The van der Waals surface area contributed by atoms with Crippen LogP contribution in [0.25, 0.3) is 98.1 Å². The van der Waals surface area contributed by atoms with E-state index in [2.05, 4.69) is 170 Å². The molecule has 3 nitrogen and oxygen atoms in total. The molecule has 2 aromatic heterocycles. The van der Waals surface area contributed by atoms with Crippen LogP contribution >= 0.6 is 11.3 Å². The first kappa shape index (κ1) is 29.4. The highest BCUT2D eigenvalue weighted by Crippen LogP contribution is 2.40. The van der Waals surface area contributed by atoms with E-state index in [1.54, 1.807) is 0 Å². The monoisotopic (exact) mass is 667 g/mol. The summed E-state index contributed by atoms with van der Waals surface area (Å²) in [7, 11) is 0. The van der Waals surface area contributed by atoms with Crippen molar-refractivity contribution in [1.29, 1.82) is 0 Å². The van der Waals surface area contributed by atoms with Crippen LogP contribution in [0, 0.1) is 0 Å². The Morgan fingerprint density at radius 2 is 0.961 bits per heavy atom. The first-order chi connectivity index (χ1) is 25.3. The highest BCUT2D eigenvalue weighted by atomic mass is 32.1. The maximum Gasteiger partial charge on any atom is 0.165 e. The maximum atomic E-state index is 5.33. The van der Waals surface area contributed by atoms with Gasteiger partial charge in [0.1, 0.15) is 0 Å². The summed E-state index contributed by atoms with van der Waals surface area (Å²) in [5.41, 5.74) is 6.29. The molecule has 0 aliphatic heterocycles. The third kappa shape index (κ3) is 5.16. The molecule has 0 spiro atoms. The Labute approximate surface area is 299 Å². The van der Waals surface area contributed by atoms with Crippen LogP contribution in [0.15, 0.2) is 176 Å². The molecule has 51 heavy (non-hydrogen) atoms. The zero-order valence-electron chi connectivity index (χ0n) is 27.5. The molecule has 10 rings (SSSR count). The van der Waals surface area contributed by atoms with Gasteiger partial charge in [-0.25, -0.2) is 15.0 Å². The van der Waals surface area contributed by atoms with E-state index in [4.69, 9.17) is 15.0 Å². The van der Waals surface area contributed by atoms with Crippen LogP contribution in [0.4, 0.5) is 0 Å². The van der Waals surface area contributed by atoms with E-state index in [1.807, 2.05) is 17.4 Å². The molecule has 2 heterocycles. The highest BCUT2D eigenvalue weighted by molar-refractivity contribution is 7.22. The van der Waals surface area contributed by atoms with Crippen molar-refractivity contribution in [2.24, 2.45) is 0 Å². The van der Waals surface area contributed by atoms with E-state index in [0.29, 0.717) is 17.5 Å². The van der Waals surface area contributed by atoms with Gasteiger partial charge in [0.15, 0.2) is 17.5 Å². The largest absolute Gasteiger partial charge is 0.208 e. The SMILES string of the molecule is c1ccc(-c2ccccc2-c2nc(-c3ccc(-c4cc5ccccc5s4)cc3)nc(-c3c4ccccc4cc4c3ccc3ccccc34)n2)cc1. The molecule has 0 aliphatic rings. The van der Waals surface area contributed by atoms with Crippen molar-refractivity contribution >= 4 is 53.7 Å². The zero-order valence-corrected chi connectivity index (χ0v) is 28.3. The summed E-state index contributed by atoms with van der Waals surface area (Å²) in [6.45, 7) is 0. The number of thiophene rings is 1. The van der Waals surface area contributed by atoms with E-state index in [0.717, 1.165) is 44.0 Å². The molecule has 0 atom stereocenters. The van der Waals surface area contributed by atoms with Gasteiger partial charge in [-0.2, -0.15) is 0 Å². The molecule has 0 radical (unpaired) electrons. The van der Waals surface area contributed by atoms with Crippen LogP contribution in [0.5, 0.6) is 0 Å². The third-order valence-corrected chi connectivity index (χ3v) is 10.9. The Morgan fingerprint density at radius 3 is 1.78 bits per heavy atom. The lowest BCUT2D eigenvalue weighted by Crippen LogP contribution is -2.02. The fraction of sp³-hybridized carbons (Fsp3) is 0. The molecule has 0 bridgehead atoms. The minimum atomic E-state index is 0.641. The number of rotatable bonds is 5. The van der Waals surface area contributed by atoms with Gasteiger partial charge < -0.3 is 0 Å². The summed E-state index contributed by atoms with van der Waals surface area (Å²) in [5.74, 6) is 1.94. The molecule has 238 valence electrons. The van der Waals surface area contributed by atoms with Crippen LogP contribution < -0.4 is 0 Å². The van der Waals surface area contributed by atoms with E-state index in [9.17, 15) is 0 Å². The van der Waals surface area contributed by atoms with Gasteiger partial charge in [-0.3, -0.25) is 0 Å². The topological polar surface area (TPSA) is 38.7 Å². The minimum absolute atomic E-state index is 0.641. The van der Waals surface area contributed by atoms with Crippen molar-refractivity contribution < 1.29 is 0 Å². The van der Waals surface area contributed by atoms with Gasteiger partial charge in [0, 0.05) is 26.3 Å². The van der Waals surface area contributed by atoms with Gasteiger partial charge in [-0.1, -0.05) is 158 Å². The summed E-state index contributed by atoms with van der Waals surface area (Å²) in [6, 6.07) is 62.2. The van der Waals surface area contributed by atoms with Crippen LogP contribution in [0.3, 0.4) is 0 Å². The Hall–Kier alpha value is -6.49. The normalized spacial score (nSPS) is 11.5. The molecule has 4 heteroatoms. The van der Waals surface area contributed by atoms with E-state index in [-0.39, 0.29) is 0 Å². The molecule has 0 saturated carbocycles. The fourth-order valence-electron chi connectivity index (χ4n) is 7.25. The summed E-state index contributed by atoms with van der Waals surface area (Å²) in [4.78, 5) is 17.1. The summed E-state index contributed by atoms with van der Waals surface area (Å²) in [6.07, 6.45) is 0. The van der Waals surface area contributed by atoms with Gasteiger partial charge in [-0.05, 0) is 72.6 Å². The minimum Gasteiger partial charge on any atom is -0.208 e. The molecular weight excluding hydrogens is 639 g/mol. The van der Waals surface area contributed by atoms with Gasteiger partial charge in [0.05, 0.1) is 0 Å². The number of nitrogens with zero attached hydrogens (tertiary/aromatic N) is 3. The maximum absolute atomic E-state index is 5.33. The Morgan fingerprint density at radius 1 is 0.333 bits per heavy atom. The quantitative estimate of drug-likeness (QED) is 0.135. The van der Waals surface area contributed by atoms with Crippen molar-refractivity contribution in [3.63, 3.8) is 0 Å². The standard InChI is InChI=1S/C47H29N3S/c1-2-12-30(13-3-1)36-17-9-10-20-40(36)46-48-45(33-24-22-32(23-25-33)43-29-35-16-6-11-21-42(35)51-43)49-47(50-46)44-38-19-8-5-15-34(38)28-41-37-18-7-4-14-31(37)26-27-39(41)44/h1-29H. The van der Waals surface area contributed by atoms with E-state index in [1.165, 1.54) is 36.7 Å². The predicted octanol–water partition coefficient (Wildman–Crippen LogP) is 12.9. The lowest BCUT2D eigenvalue weighted by atomic mass is 9.93. The van der Waals surface area contributed by atoms with E-state index >= 15 is 0 Å². The molecule has 0 aliphatic carbocycles. The van der Waals surface area contributed by atoms with Crippen LogP contribution in [0.2, 0.25) is 0 Å². The van der Waals surface area contributed by atoms with Gasteiger partial charge in [0.25, 0.3) is 0 Å². The molecular formula is C47H29N3S.